The molecule has 150 valence electrons. The van der Waals surface area contributed by atoms with Crippen molar-refractivity contribution in [3.63, 3.8) is 0 Å². The molecule has 32 heavy (non-hydrogen) atoms. The minimum atomic E-state index is 0.886. The molecule has 0 saturated heterocycles. The molecule has 0 atom stereocenters. The van der Waals surface area contributed by atoms with Gasteiger partial charge in [-0.25, -0.2) is 0 Å². The lowest BCUT2D eigenvalue weighted by atomic mass is 9.94. The third-order valence-electron chi connectivity index (χ3n) is 6.43. The third-order valence-corrected chi connectivity index (χ3v) is 6.43. The molecule has 0 fully saturated rings. The fourth-order valence-electron chi connectivity index (χ4n) is 4.99. The number of furan rings is 1. The van der Waals surface area contributed by atoms with Crippen LogP contribution in [0.5, 0.6) is 0 Å². The third kappa shape index (κ3) is 2.47. The summed E-state index contributed by atoms with van der Waals surface area (Å²) in [6.07, 6.45) is 0. The average Bonchev–Trinajstić information content (AvgIpc) is 3.24. The van der Waals surface area contributed by atoms with Gasteiger partial charge in [-0.2, -0.15) is 0 Å². The molecule has 1 aromatic heterocycles. The number of nitrogens with one attached hydrogen (secondary N) is 1. The first-order valence-electron chi connectivity index (χ1n) is 10.9. The summed E-state index contributed by atoms with van der Waals surface area (Å²) in [5, 5.41) is 13.5. The molecule has 0 aliphatic carbocycles. The smallest absolute Gasteiger partial charge is 0.158 e. The zero-order chi connectivity index (χ0) is 21.1. The van der Waals surface area contributed by atoms with Gasteiger partial charge in [0.05, 0.1) is 5.69 Å². The molecule has 0 bridgehead atoms. The number of hydrogen-bond acceptors (Lipinski definition) is 2. The Labute approximate surface area is 184 Å². The fraction of sp³-hybridized carbons (Fsp3) is 0. The van der Waals surface area contributed by atoms with Crippen molar-refractivity contribution in [1.29, 1.82) is 0 Å². The van der Waals surface area contributed by atoms with Crippen molar-refractivity contribution in [2.75, 3.05) is 5.32 Å². The molecule has 7 aromatic rings. The molecule has 0 saturated carbocycles. The molecule has 0 amide bonds. The molecule has 7 rings (SSSR count). The summed E-state index contributed by atoms with van der Waals surface area (Å²) >= 11 is 0. The van der Waals surface area contributed by atoms with Crippen LogP contribution in [-0.2, 0) is 0 Å². The predicted molar refractivity (Wildman–Crippen MR) is 136 cm³/mol. The summed E-state index contributed by atoms with van der Waals surface area (Å²) in [5.74, 6) is 0. The van der Waals surface area contributed by atoms with Gasteiger partial charge < -0.3 is 9.73 Å². The summed E-state index contributed by atoms with van der Waals surface area (Å²) in [6, 6.07) is 38.4. The van der Waals surface area contributed by atoms with Crippen LogP contribution in [0.1, 0.15) is 0 Å². The molecular formula is C30H19NO. The SMILES string of the molecule is c1ccc2c(c1)oc1c(Nc3ccc4c5ccccc5c5ccccc5c4c3)cccc12. The van der Waals surface area contributed by atoms with Crippen molar-refractivity contribution in [3.8, 4) is 0 Å². The molecule has 2 heteroatoms. The Morgan fingerprint density at radius 2 is 1.00 bits per heavy atom. The molecule has 0 aliphatic rings. The van der Waals surface area contributed by atoms with Crippen LogP contribution in [-0.4, -0.2) is 0 Å². The van der Waals surface area contributed by atoms with E-state index in [-0.39, 0.29) is 0 Å². The van der Waals surface area contributed by atoms with E-state index in [2.05, 4.69) is 102 Å². The number of anilines is 2. The van der Waals surface area contributed by atoms with E-state index in [0.717, 1.165) is 33.3 Å². The molecule has 6 aromatic carbocycles. The first-order chi connectivity index (χ1) is 15.9. The molecule has 0 aliphatic heterocycles. The van der Waals surface area contributed by atoms with Gasteiger partial charge in [-0.1, -0.05) is 84.9 Å². The minimum Gasteiger partial charge on any atom is -0.454 e. The largest absolute Gasteiger partial charge is 0.454 e. The first kappa shape index (κ1) is 17.4. The Bertz CT molecular complexity index is 1770. The topological polar surface area (TPSA) is 25.2 Å². The van der Waals surface area contributed by atoms with Crippen LogP contribution in [0.25, 0.3) is 54.3 Å². The Balaban J connectivity index is 1.45. The van der Waals surface area contributed by atoms with Crippen molar-refractivity contribution >= 4 is 65.6 Å². The monoisotopic (exact) mass is 409 g/mol. The summed E-state index contributed by atoms with van der Waals surface area (Å²) in [5.41, 5.74) is 3.82. The van der Waals surface area contributed by atoms with Crippen LogP contribution in [0.3, 0.4) is 0 Å². The van der Waals surface area contributed by atoms with E-state index >= 15 is 0 Å². The highest BCUT2D eigenvalue weighted by Crippen LogP contribution is 2.38. The Kier molecular flexibility index (Phi) is 3.58. The van der Waals surface area contributed by atoms with Crippen molar-refractivity contribution in [2.45, 2.75) is 0 Å². The highest BCUT2D eigenvalue weighted by molar-refractivity contribution is 6.25. The maximum absolute atomic E-state index is 6.21. The predicted octanol–water partition coefficient (Wildman–Crippen LogP) is 8.79. The molecular weight excluding hydrogens is 390 g/mol. The summed E-state index contributed by atoms with van der Waals surface area (Å²) in [6.45, 7) is 0. The maximum atomic E-state index is 6.21. The van der Waals surface area contributed by atoms with Crippen LogP contribution in [0, 0.1) is 0 Å². The molecule has 0 radical (unpaired) electrons. The quantitative estimate of drug-likeness (QED) is 0.289. The van der Waals surface area contributed by atoms with Gasteiger partial charge in [0.2, 0.25) is 0 Å². The van der Waals surface area contributed by atoms with Crippen molar-refractivity contribution < 1.29 is 4.42 Å². The Morgan fingerprint density at radius 3 is 1.72 bits per heavy atom. The van der Waals surface area contributed by atoms with Gasteiger partial charge in [-0.05, 0) is 56.6 Å². The molecule has 0 unspecified atom stereocenters. The number of benzene rings is 6. The van der Waals surface area contributed by atoms with Gasteiger partial charge >= 0.3 is 0 Å². The second kappa shape index (κ2) is 6.60. The normalized spacial score (nSPS) is 11.8. The lowest BCUT2D eigenvalue weighted by Gasteiger charge is -2.13. The summed E-state index contributed by atoms with van der Waals surface area (Å²) in [7, 11) is 0. The lowest BCUT2D eigenvalue weighted by Crippen LogP contribution is -1.91. The van der Waals surface area contributed by atoms with Crippen LogP contribution in [0.2, 0.25) is 0 Å². The molecule has 0 spiro atoms. The zero-order valence-corrected chi connectivity index (χ0v) is 17.3. The van der Waals surface area contributed by atoms with E-state index in [1.54, 1.807) is 0 Å². The number of hydrogen-bond donors (Lipinski definition) is 1. The number of fused-ring (bicyclic) bond motifs is 9. The molecule has 1 N–H and O–H groups in total. The Morgan fingerprint density at radius 1 is 0.438 bits per heavy atom. The number of para-hydroxylation sites is 2. The van der Waals surface area contributed by atoms with Gasteiger partial charge in [0.25, 0.3) is 0 Å². The van der Waals surface area contributed by atoms with E-state index in [0.29, 0.717) is 0 Å². The van der Waals surface area contributed by atoms with Gasteiger partial charge in [-0.15, -0.1) is 0 Å². The minimum absolute atomic E-state index is 0.886. The second-order valence-corrected chi connectivity index (χ2v) is 8.26. The zero-order valence-electron chi connectivity index (χ0n) is 17.3. The highest BCUT2D eigenvalue weighted by atomic mass is 16.3. The lowest BCUT2D eigenvalue weighted by molar-refractivity contribution is 0.670. The van der Waals surface area contributed by atoms with Crippen LogP contribution in [0.4, 0.5) is 11.4 Å². The highest BCUT2D eigenvalue weighted by Gasteiger charge is 2.12. The second-order valence-electron chi connectivity index (χ2n) is 8.26. The van der Waals surface area contributed by atoms with E-state index in [9.17, 15) is 0 Å². The maximum Gasteiger partial charge on any atom is 0.158 e. The van der Waals surface area contributed by atoms with Gasteiger partial charge in [-0.3, -0.25) is 0 Å². The van der Waals surface area contributed by atoms with Crippen molar-refractivity contribution in [1.82, 2.24) is 0 Å². The molecule has 1 heterocycles. The molecule has 2 nitrogen and oxygen atoms in total. The average molecular weight is 409 g/mol. The number of rotatable bonds is 2. The van der Waals surface area contributed by atoms with E-state index in [4.69, 9.17) is 4.42 Å². The van der Waals surface area contributed by atoms with E-state index in [1.807, 2.05) is 12.1 Å². The first-order valence-corrected chi connectivity index (χ1v) is 10.9. The summed E-state index contributed by atoms with van der Waals surface area (Å²) < 4.78 is 6.21. The standard InChI is InChI=1S/C30H19NO/c1-2-10-22-20(8-1)21-9-3-4-11-23(21)27-18-19(16-17-24(22)27)31-28-14-7-13-26-25-12-5-6-15-29(25)32-30(26)28/h1-18,31H. The van der Waals surface area contributed by atoms with E-state index < -0.39 is 0 Å². The van der Waals surface area contributed by atoms with Crippen LogP contribution in [0.15, 0.2) is 114 Å². The summed E-state index contributed by atoms with van der Waals surface area (Å²) in [4.78, 5) is 0. The van der Waals surface area contributed by atoms with Crippen LogP contribution < -0.4 is 5.32 Å². The van der Waals surface area contributed by atoms with E-state index in [1.165, 1.54) is 32.3 Å². The van der Waals surface area contributed by atoms with Gasteiger partial charge in [0.15, 0.2) is 5.58 Å². The van der Waals surface area contributed by atoms with Crippen molar-refractivity contribution in [3.05, 3.63) is 109 Å². The van der Waals surface area contributed by atoms with Gasteiger partial charge in [0, 0.05) is 16.5 Å². The van der Waals surface area contributed by atoms with Gasteiger partial charge in [0.1, 0.15) is 5.58 Å². The Hall–Kier alpha value is -4.30. The van der Waals surface area contributed by atoms with Crippen molar-refractivity contribution in [2.24, 2.45) is 0 Å². The van der Waals surface area contributed by atoms with Crippen LogP contribution >= 0.6 is 0 Å². The fourth-order valence-corrected chi connectivity index (χ4v) is 4.99.